The number of amides is 2. The summed E-state index contributed by atoms with van der Waals surface area (Å²) in [6, 6.07) is 6.03. The zero-order valence-electron chi connectivity index (χ0n) is 8.44. The molecule has 88 valence electrons. The first-order valence-corrected chi connectivity index (χ1v) is 4.14. The lowest BCUT2D eigenvalue weighted by Crippen LogP contribution is -2.32. The van der Waals surface area contributed by atoms with E-state index < -0.39 is 11.8 Å². The minimum Gasteiger partial charge on any atom is -0.290 e. The summed E-state index contributed by atoms with van der Waals surface area (Å²) < 4.78 is 0. The molecule has 0 bridgehead atoms. The van der Waals surface area contributed by atoms with E-state index in [1.54, 1.807) is 6.07 Å². The van der Waals surface area contributed by atoms with Crippen molar-refractivity contribution in [3.8, 4) is 0 Å². The molecule has 0 aliphatic heterocycles. The van der Waals surface area contributed by atoms with Gasteiger partial charge < -0.3 is 0 Å². The molecule has 0 saturated carbocycles. The Kier molecular flexibility index (Phi) is 6.40. The van der Waals surface area contributed by atoms with E-state index in [-0.39, 0.29) is 0 Å². The molecule has 0 heterocycles. The predicted molar refractivity (Wildman–Crippen MR) is 58.1 cm³/mol. The fourth-order valence-corrected chi connectivity index (χ4v) is 0.968. The Bertz CT molecular complexity index is 336. The summed E-state index contributed by atoms with van der Waals surface area (Å²) >= 11 is 0. The molecule has 1 rings (SSSR count). The van der Waals surface area contributed by atoms with Gasteiger partial charge in [0.1, 0.15) is 0 Å². The Morgan fingerprint density at radius 3 is 1.62 bits per heavy atom. The smallest absolute Gasteiger partial charge is 0.265 e. The Hall–Kier alpha value is -2.00. The minimum atomic E-state index is -0.461. The Morgan fingerprint density at radius 1 is 0.938 bits per heavy atom. The van der Waals surface area contributed by atoms with Crippen LogP contribution in [0.2, 0.25) is 0 Å². The van der Waals surface area contributed by atoms with E-state index in [1.165, 1.54) is 18.2 Å². The number of hydrazine groups is 3. The van der Waals surface area contributed by atoms with Gasteiger partial charge in [0.15, 0.2) is 0 Å². The quantitative estimate of drug-likeness (QED) is 0.189. The molecule has 0 aliphatic carbocycles. The molecule has 10 N–H and O–H groups in total. The molecule has 0 spiro atoms. The number of hydrogen-bond donors (Lipinski definition) is 6. The summed E-state index contributed by atoms with van der Waals surface area (Å²) in [5, 5.41) is 0. The fourth-order valence-electron chi connectivity index (χ4n) is 0.968. The van der Waals surface area contributed by atoms with Crippen molar-refractivity contribution < 1.29 is 9.59 Å². The van der Waals surface area contributed by atoms with Crippen molar-refractivity contribution in [1.29, 1.82) is 0 Å². The van der Waals surface area contributed by atoms with Crippen molar-refractivity contribution >= 4 is 11.8 Å². The van der Waals surface area contributed by atoms with Gasteiger partial charge in [-0.2, -0.15) is 0 Å². The minimum absolute atomic E-state index is 0.300. The lowest BCUT2D eigenvalue weighted by molar-refractivity contribution is 0.0953. The molecule has 0 unspecified atom stereocenters. The highest BCUT2D eigenvalue weighted by atomic mass is 16.2. The second-order valence-corrected chi connectivity index (χ2v) is 2.53. The van der Waals surface area contributed by atoms with Crippen LogP contribution in [0.15, 0.2) is 24.3 Å². The maximum absolute atomic E-state index is 11.1. The van der Waals surface area contributed by atoms with E-state index >= 15 is 0 Å². The number of nitrogens with two attached hydrogens (primary N) is 4. The summed E-state index contributed by atoms with van der Waals surface area (Å²) in [4.78, 5) is 22.2. The standard InChI is InChI=1S/C8H10N4O2.H4N2/c9-11-7(13)5-2-1-3-6(4-5)8(14)12-10;1-2/h1-4H,9-10H2,(H,11,13)(H,12,14);1-2H2. The van der Waals surface area contributed by atoms with Crippen LogP contribution < -0.4 is 34.2 Å². The molecule has 0 fully saturated rings. The predicted octanol–water partition coefficient (Wildman–Crippen LogP) is -2.29. The van der Waals surface area contributed by atoms with Gasteiger partial charge in [-0.1, -0.05) is 6.07 Å². The molecule has 0 aromatic heterocycles. The number of carbonyl (C=O) groups excluding carboxylic acids is 2. The summed E-state index contributed by atoms with van der Waals surface area (Å²) in [5.74, 6) is 17.0. The van der Waals surface area contributed by atoms with Crippen molar-refractivity contribution in [3.05, 3.63) is 35.4 Å². The number of nitrogens with one attached hydrogen (secondary N) is 2. The summed E-state index contributed by atoms with van der Waals surface area (Å²) in [6.45, 7) is 0. The van der Waals surface area contributed by atoms with Crippen molar-refractivity contribution in [2.45, 2.75) is 0 Å². The van der Waals surface area contributed by atoms with Crippen LogP contribution in [0.3, 0.4) is 0 Å². The summed E-state index contributed by atoms with van der Waals surface area (Å²) in [5.41, 5.74) is 4.53. The van der Waals surface area contributed by atoms with Gasteiger partial charge in [-0.15, -0.1) is 0 Å². The van der Waals surface area contributed by atoms with E-state index in [2.05, 4.69) is 11.7 Å². The number of benzene rings is 1. The van der Waals surface area contributed by atoms with E-state index in [9.17, 15) is 9.59 Å². The molecule has 0 radical (unpaired) electrons. The average molecular weight is 226 g/mol. The molecule has 0 atom stereocenters. The first kappa shape index (κ1) is 14.0. The fraction of sp³-hybridized carbons (Fsp3) is 0. The van der Waals surface area contributed by atoms with Gasteiger partial charge in [0.2, 0.25) is 0 Å². The van der Waals surface area contributed by atoms with Crippen molar-refractivity contribution in [3.63, 3.8) is 0 Å². The molecule has 2 amide bonds. The van der Waals surface area contributed by atoms with Gasteiger partial charge in [0, 0.05) is 11.1 Å². The van der Waals surface area contributed by atoms with Crippen LogP contribution in [0.1, 0.15) is 20.7 Å². The number of rotatable bonds is 2. The van der Waals surface area contributed by atoms with E-state index in [0.717, 1.165) is 0 Å². The Labute approximate surface area is 91.9 Å². The van der Waals surface area contributed by atoms with Gasteiger partial charge in [-0.05, 0) is 18.2 Å². The maximum atomic E-state index is 11.1. The second-order valence-electron chi connectivity index (χ2n) is 2.53. The van der Waals surface area contributed by atoms with Crippen LogP contribution in [-0.2, 0) is 0 Å². The molecule has 8 nitrogen and oxygen atoms in total. The van der Waals surface area contributed by atoms with Crippen LogP contribution >= 0.6 is 0 Å². The first-order chi connectivity index (χ1) is 7.69. The molecule has 1 aromatic rings. The highest BCUT2D eigenvalue weighted by Gasteiger charge is 2.07. The number of nitrogen functional groups attached to an aromatic ring is 2. The SMILES string of the molecule is NN.NNC(=O)c1cccc(C(=O)NN)c1. The Morgan fingerprint density at radius 2 is 1.31 bits per heavy atom. The van der Waals surface area contributed by atoms with Crippen LogP contribution in [0.4, 0.5) is 0 Å². The molecule has 0 saturated heterocycles. The largest absolute Gasteiger partial charge is 0.290 e. The van der Waals surface area contributed by atoms with E-state index in [4.69, 9.17) is 11.7 Å². The van der Waals surface area contributed by atoms with Gasteiger partial charge in [-0.3, -0.25) is 32.1 Å². The third-order valence-corrected chi connectivity index (χ3v) is 1.65. The zero-order valence-corrected chi connectivity index (χ0v) is 8.44. The Balaban J connectivity index is 0.00000106. The molecular weight excluding hydrogens is 212 g/mol. The molecule has 0 aliphatic rings. The summed E-state index contributed by atoms with van der Waals surface area (Å²) in [6.07, 6.45) is 0. The van der Waals surface area contributed by atoms with Gasteiger partial charge in [-0.25, -0.2) is 11.7 Å². The van der Waals surface area contributed by atoms with Crippen molar-refractivity contribution in [2.24, 2.45) is 23.4 Å². The topological polar surface area (TPSA) is 162 Å². The van der Waals surface area contributed by atoms with E-state index in [0.29, 0.717) is 11.1 Å². The lowest BCUT2D eigenvalue weighted by Gasteiger charge is -2.02. The van der Waals surface area contributed by atoms with Crippen molar-refractivity contribution in [1.82, 2.24) is 10.9 Å². The third kappa shape index (κ3) is 3.63. The average Bonchev–Trinajstić information content (AvgIpc) is 2.39. The second kappa shape index (κ2) is 7.31. The molecule has 8 heteroatoms. The summed E-state index contributed by atoms with van der Waals surface area (Å²) in [7, 11) is 0. The van der Waals surface area contributed by atoms with Crippen LogP contribution in [-0.4, -0.2) is 11.8 Å². The van der Waals surface area contributed by atoms with Crippen molar-refractivity contribution in [2.75, 3.05) is 0 Å². The third-order valence-electron chi connectivity index (χ3n) is 1.65. The first-order valence-electron chi connectivity index (χ1n) is 4.14. The van der Waals surface area contributed by atoms with Crippen LogP contribution in [0.25, 0.3) is 0 Å². The molecule has 16 heavy (non-hydrogen) atoms. The maximum Gasteiger partial charge on any atom is 0.265 e. The van der Waals surface area contributed by atoms with Gasteiger partial charge in [0.05, 0.1) is 0 Å². The molecular formula is C8H14N6O2. The lowest BCUT2D eigenvalue weighted by atomic mass is 10.1. The van der Waals surface area contributed by atoms with Gasteiger partial charge in [0.25, 0.3) is 11.8 Å². The van der Waals surface area contributed by atoms with E-state index in [1.807, 2.05) is 10.9 Å². The zero-order chi connectivity index (χ0) is 12.6. The highest BCUT2D eigenvalue weighted by molar-refractivity contribution is 5.99. The van der Waals surface area contributed by atoms with Crippen LogP contribution in [0.5, 0.6) is 0 Å². The number of carbonyl (C=O) groups is 2. The van der Waals surface area contributed by atoms with Crippen LogP contribution in [0, 0.1) is 0 Å². The molecule has 1 aromatic carbocycles. The monoisotopic (exact) mass is 226 g/mol. The highest BCUT2D eigenvalue weighted by Crippen LogP contribution is 2.04. The number of hydrogen-bond acceptors (Lipinski definition) is 6. The normalized spacial score (nSPS) is 8.50. The van der Waals surface area contributed by atoms with Gasteiger partial charge >= 0.3 is 0 Å².